The molecule has 0 saturated heterocycles. The van der Waals surface area contributed by atoms with Crippen molar-refractivity contribution in [1.82, 2.24) is 0 Å². The number of esters is 1. The van der Waals surface area contributed by atoms with Crippen LogP contribution in [0.1, 0.15) is 52.9 Å². The minimum atomic E-state index is -1.91. The van der Waals surface area contributed by atoms with E-state index in [1.54, 1.807) is 20.8 Å². The normalized spacial score (nSPS) is 20.4. The van der Waals surface area contributed by atoms with Gasteiger partial charge in [0.1, 0.15) is 5.60 Å². The van der Waals surface area contributed by atoms with E-state index in [4.69, 9.17) is 10.5 Å². The third-order valence-corrected chi connectivity index (χ3v) is 3.23. The molecule has 0 aromatic carbocycles. The number of ether oxygens (including phenoxy) is 1. The molecule has 104 valence electrons. The maximum atomic E-state index is 12.0. The van der Waals surface area contributed by atoms with Crippen molar-refractivity contribution in [3.63, 3.8) is 0 Å². The fourth-order valence-corrected chi connectivity index (χ4v) is 2.30. The van der Waals surface area contributed by atoms with Gasteiger partial charge in [0.15, 0.2) is 0 Å². The summed E-state index contributed by atoms with van der Waals surface area (Å²) in [7, 11) is 0. The molecule has 1 rings (SSSR count). The van der Waals surface area contributed by atoms with E-state index in [1.165, 1.54) is 0 Å². The molecular weight excluding hydrogens is 234 g/mol. The Balaban J connectivity index is 2.78. The first-order chi connectivity index (χ1) is 8.15. The summed E-state index contributed by atoms with van der Waals surface area (Å²) in [4.78, 5) is 23.3. The predicted octanol–water partition coefficient (Wildman–Crippen LogP) is 1.69. The van der Waals surface area contributed by atoms with Crippen LogP contribution in [-0.2, 0) is 14.3 Å². The zero-order chi connectivity index (χ0) is 14.0. The Kier molecular flexibility index (Phi) is 4.37. The van der Waals surface area contributed by atoms with E-state index in [1.807, 2.05) is 0 Å². The summed E-state index contributed by atoms with van der Waals surface area (Å²) in [5, 5.41) is 9.23. The molecule has 1 fully saturated rings. The fraction of sp³-hybridized carbons (Fsp3) is 0.846. The van der Waals surface area contributed by atoms with Crippen LogP contribution in [0.2, 0.25) is 0 Å². The maximum Gasteiger partial charge on any atom is 0.338 e. The van der Waals surface area contributed by atoms with E-state index in [2.05, 4.69) is 0 Å². The summed E-state index contributed by atoms with van der Waals surface area (Å²) >= 11 is 0. The molecular formula is C13H23NO4. The van der Waals surface area contributed by atoms with E-state index >= 15 is 0 Å². The third-order valence-electron chi connectivity index (χ3n) is 3.23. The molecule has 1 atom stereocenters. The van der Waals surface area contributed by atoms with Crippen molar-refractivity contribution in [1.29, 1.82) is 0 Å². The van der Waals surface area contributed by atoms with E-state index in [0.29, 0.717) is 0 Å². The lowest BCUT2D eigenvalue weighted by atomic mass is 9.87. The van der Waals surface area contributed by atoms with Crippen LogP contribution in [0.25, 0.3) is 0 Å². The van der Waals surface area contributed by atoms with Gasteiger partial charge in [-0.1, -0.05) is 25.7 Å². The van der Waals surface area contributed by atoms with Crippen LogP contribution in [0, 0.1) is 5.92 Å². The molecule has 0 bridgehead atoms. The first kappa shape index (κ1) is 15.0. The molecule has 1 saturated carbocycles. The van der Waals surface area contributed by atoms with Gasteiger partial charge in [-0.25, -0.2) is 9.59 Å². The summed E-state index contributed by atoms with van der Waals surface area (Å²) in [6.45, 7) is 5.09. The molecule has 0 spiro atoms. The molecule has 0 aliphatic heterocycles. The Morgan fingerprint density at radius 1 is 1.28 bits per heavy atom. The van der Waals surface area contributed by atoms with Crippen molar-refractivity contribution in [3.05, 3.63) is 0 Å². The van der Waals surface area contributed by atoms with Gasteiger partial charge >= 0.3 is 11.9 Å². The Morgan fingerprint density at radius 2 is 1.78 bits per heavy atom. The first-order valence-corrected chi connectivity index (χ1v) is 6.41. The monoisotopic (exact) mass is 257 g/mol. The molecule has 1 aliphatic carbocycles. The van der Waals surface area contributed by atoms with Crippen molar-refractivity contribution in [3.8, 4) is 0 Å². The van der Waals surface area contributed by atoms with Crippen LogP contribution in [0.5, 0.6) is 0 Å². The van der Waals surface area contributed by atoms with Crippen LogP contribution in [0.3, 0.4) is 0 Å². The molecule has 5 nitrogen and oxygen atoms in total. The second kappa shape index (κ2) is 5.26. The quantitative estimate of drug-likeness (QED) is 0.591. The number of hydrogen-bond donors (Lipinski definition) is 2. The lowest BCUT2D eigenvalue weighted by molar-refractivity contribution is -0.170. The summed E-state index contributed by atoms with van der Waals surface area (Å²) in [6.07, 6.45) is 4.20. The zero-order valence-electron chi connectivity index (χ0n) is 11.4. The zero-order valence-corrected chi connectivity index (χ0v) is 11.4. The Labute approximate surface area is 108 Å². The standard InChI is InChI=1S/C13H23NO4/c1-12(2,3)18-11(17)13(14,10(15)16)8-9-6-4-5-7-9/h9H,4-8,14H2,1-3H3,(H,15,16). The Morgan fingerprint density at radius 3 is 2.17 bits per heavy atom. The van der Waals surface area contributed by atoms with Crippen molar-refractivity contribution in [2.24, 2.45) is 11.7 Å². The number of carbonyl (C=O) groups excluding carboxylic acids is 1. The average Bonchev–Trinajstić information content (AvgIpc) is 2.66. The Hall–Kier alpha value is -1.10. The summed E-state index contributed by atoms with van der Waals surface area (Å²) < 4.78 is 5.13. The van der Waals surface area contributed by atoms with Gasteiger partial charge in [-0.3, -0.25) is 0 Å². The van der Waals surface area contributed by atoms with Crippen LogP contribution in [0.4, 0.5) is 0 Å². The van der Waals surface area contributed by atoms with Gasteiger partial charge in [0.2, 0.25) is 5.54 Å². The second-order valence-electron chi connectivity index (χ2n) is 6.13. The van der Waals surface area contributed by atoms with E-state index in [9.17, 15) is 14.7 Å². The van der Waals surface area contributed by atoms with Crippen LogP contribution in [-0.4, -0.2) is 28.2 Å². The molecule has 18 heavy (non-hydrogen) atoms. The molecule has 0 amide bonds. The molecule has 0 aromatic heterocycles. The number of carboxylic acid groups (broad SMARTS) is 1. The lowest BCUT2D eigenvalue weighted by Gasteiger charge is -2.29. The number of hydrogen-bond acceptors (Lipinski definition) is 4. The van der Waals surface area contributed by atoms with Crippen LogP contribution in [0.15, 0.2) is 0 Å². The highest BCUT2D eigenvalue weighted by Crippen LogP contribution is 2.32. The first-order valence-electron chi connectivity index (χ1n) is 6.41. The summed E-state index contributed by atoms with van der Waals surface area (Å²) in [5.74, 6) is -1.93. The average molecular weight is 257 g/mol. The van der Waals surface area contributed by atoms with Crippen molar-refractivity contribution < 1.29 is 19.4 Å². The number of carboxylic acids is 1. The lowest BCUT2D eigenvalue weighted by Crippen LogP contribution is -2.58. The van der Waals surface area contributed by atoms with Crippen LogP contribution < -0.4 is 5.73 Å². The SMILES string of the molecule is CC(C)(C)OC(=O)C(N)(CC1CCCC1)C(=O)O. The molecule has 3 N–H and O–H groups in total. The van der Waals surface area contributed by atoms with Crippen molar-refractivity contribution >= 4 is 11.9 Å². The van der Waals surface area contributed by atoms with Gasteiger partial charge < -0.3 is 15.6 Å². The fourth-order valence-electron chi connectivity index (χ4n) is 2.30. The molecule has 1 unspecified atom stereocenters. The molecule has 1 aliphatic rings. The highest BCUT2D eigenvalue weighted by molar-refractivity contribution is 6.03. The Bertz CT molecular complexity index is 328. The molecule has 0 heterocycles. The van der Waals surface area contributed by atoms with Crippen LogP contribution >= 0.6 is 0 Å². The van der Waals surface area contributed by atoms with Gasteiger partial charge in [0, 0.05) is 0 Å². The van der Waals surface area contributed by atoms with Gasteiger partial charge in [-0.05, 0) is 33.1 Å². The minimum absolute atomic E-state index is 0.164. The third kappa shape index (κ3) is 3.70. The van der Waals surface area contributed by atoms with Gasteiger partial charge in [0.05, 0.1) is 0 Å². The summed E-state index contributed by atoms with van der Waals surface area (Å²) in [6, 6.07) is 0. The van der Waals surface area contributed by atoms with Gasteiger partial charge in [-0.15, -0.1) is 0 Å². The highest BCUT2D eigenvalue weighted by Gasteiger charge is 2.47. The number of aliphatic carboxylic acids is 1. The number of carbonyl (C=O) groups is 2. The van der Waals surface area contributed by atoms with E-state index in [0.717, 1.165) is 25.7 Å². The van der Waals surface area contributed by atoms with Crippen molar-refractivity contribution in [2.45, 2.75) is 64.0 Å². The largest absolute Gasteiger partial charge is 0.479 e. The highest BCUT2D eigenvalue weighted by atomic mass is 16.6. The molecule has 0 aromatic rings. The minimum Gasteiger partial charge on any atom is -0.479 e. The predicted molar refractivity (Wildman–Crippen MR) is 67.0 cm³/mol. The molecule has 0 radical (unpaired) electrons. The topological polar surface area (TPSA) is 89.6 Å². The van der Waals surface area contributed by atoms with Gasteiger partial charge in [0.25, 0.3) is 0 Å². The van der Waals surface area contributed by atoms with Crippen molar-refractivity contribution in [2.75, 3.05) is 0 Å². The van der Waals surface area contributed by atoms with E-state index < -0.39 is 23.1 Å². The summed E-state index contributed by atoms with van der Waals surface area (Å²) in [5.41, 5.74) is 3.15. The van der Waals surface area contributed by atoms with E-state index in [-0.39, 0.29) is 12.3 Å². The number of rotatable bonds is 4. The number of nitrogens with two attached hydrogens (primary N) is 1. The second-order valence-corrected chi connectivity index (χ2v) is 6.13. The smallest absolute Gasteiger partial charge is 0.338 e. The molecule has 5 heteroatoms. The van der Waals surface area contributed by atoms with Gasteiger partial charge in [-0.2, -0.15) is 0 Å². The maximum absolute atomic E-state index is 12.0.